The third kappa shape index (κ3) is 7.00. The molecule has 0 aliphatic heterocycles. The highest BCUT2D eigenvalue weighted by atomic mass is 16.6. The van der Waals surface area contributed by atoms with Crippen LogP contribution in [-0.4, -0.2) is 55.5 Å². The minimum atomic E-state index is -0.704. The predicted molar refractivity (Wildman–Crippen MR) is 70.9 cm³/mol. The van der Waals surface area contributed by atoms with Crippen LogP contribution in [0.4, 0.5) is 4.79 Å². The van der Waals surface area contributed by atoms with Crippen LogP contribution in [0.15, 0.2) is 0 Å². The van der Waals surface area contributed by atoms with Gasteiger partial charge in [-0.15, -0.1) is 0 Å². The van der Waals surface area contributed by atoms with Crippen LogP contribution in [0.3, 0.4) is 0 Å². The maximum Gasteiger partial charge on any atom is 0.411 e. The van der Waals surface area contributed by atoms with Gasteiger partial charge in [-0.25, -0.2) is 9.59 Å². The zero-order chi connectivity index (χ0) is 15.1. The van der Waals surface area contributed by atoms with Crippen LogP contribution in [-0.2, 0) is 19.0 Å². The number of rotatable bonds is 6. The van der Waals surface area contributed by atoms with E-state index in [0.29, 0.717) is 6.61 Å². The summed E-state index contributed by atoms with van der Waals surface area (Å²) in [6.45, 7) is 9.51. The van der Waals surface area contributed by atoms with Crippen LogP contribution in [0.1, 0.15) is 34.6 Å². The molecular formula is C13H25NO5. The molecule has 1 atom stereocenters. The highest BCUT2D eigenvalue weighted by molar-refractivity contribution is 5.81. The van der Waals surface area contributed by atoms with Gasteiger partial charge in [0, 0.05) is 13.7 Å². The normalized spacial score (nSPS) is 12.7. The number of hydrogen-bond donors (Lipinski definition) is 0. The number of methoxy groups -OCH3 is 1. The second-order valence-electron chi connectivity index (χ2n) is 5.09. The number of carbonyl (C=O) groups is 2. The summed E-state index contributed by atoms with van der Waals surface area (Å²) >= 11 is 0. The van der Waals surface area contributed by atoms with Gasteiger partial charge in [-0.1, -0.05) is 0 Å². The molecule has 0 aromatic carbocycles. The van der Waals surface area contributed by atoms with Gasteiger partial charge in [0.05, 0.1) is 13.2 Å². The van der Waals surface area contributed by atoms with Crippen molar-refractivity contribution in [2.45, 2.75) is 46.3 Å². The molecule has 0 radical (unpaired) electrons. The van der Waals surface area contributed by atoms with Crippen molar-refractivity contribution in [1.82, 2.24) is 4.90 Å². The van der Waals surface area contributed by atoms with Gasteiger partial charge in [-0.2, -0.15) is 0 Å². The van der Waals surface area contributed by atoms with E-state index in [9.17, 15) is 9.59 Å². The monoisotopic (exact) mass is 275 g/mol. The lowest BCUT2D eigenvalue weighted by Gasteiger charge is -2.30. The molecular weight excluding hydrogens is 250 g/mol. The number of ether oxygens (including phenoxy) is 3. The number of nitrogens with zero attached hydrogens (tertiary/aromatic N) is 1. The zero-order valence-electron chi connectivity index (χ0n) is 12.7. The highest BCUT2D eigenvalue weighted by Gasteiger charge is 2.30. The maximum atomic E-state index is 12.1. The molecule has 19 heavy (non-hydrogen) atoms. The molecule has 0 N–H and O–H groups in total. The van der Waals surface area contributed by atoms with E-state index < -0.39 is 23.7 Å². The zero-order valence-corrected chi connectivity index (χ0v) is 12.7. The first-order valence-corrected chi connectivity index (χ1v) is 6.38. The van der Waals surface area contributed by atoms with E-state index in [1.807, 2.05) is 0 Å². The van der Waals surface area contributed by atoms with Crippen molar-refractivity contribution >= 4 is 12.1 Å². The summed E-state index contributed by atoms with van der Waals surface area (Å²) in [5.41, 5.74) is -0.614. The second-order valence-corrected chi connectivity index (χ2v) is 5.09. The molecule has 6 nitrogen and oxygen atoms in total. The van der Waals surface area contributed by atoms with Crippen molar-refractivity contribution in [2.24, 2.45) is 0 Å². The fourth-order valence-electron chi connectivity index (χ4n) is 1.34. The molecule has 0 aromatic heterocycles. The Balaban J connectivity index is 4.78. The van der Waals surface area contributed by atoms with E-state index in [-0.39, 0.29) is 13.2 Å². The quantitative estimate of drug-likeness (QED) is 0.692. The summed E-state index contributed by atoms with van der Waals surface area (Å²) in [7, 11) is 1.53. The third-order valence-electron chi connectivity index (χ3n) is 2.26. The Kier molecular flexibility index (Phi) is 7.44. The molecule has 1 unspecified atom stereocenters. The molecule has 0 saturated carbocycles. The first-order valence-electron chi connectivity index (χ1n) is 6.38. The standard InChI is InChI=1S/C13H25NO5/c1-7-18-11(15)10(2)14(8-9-17-6)12(16)19-13(3,4)5/h10H,7-9H2,1-6H3. The molecule has 0 fully saturated rings. The molecule has 0 aromatic rings. The van der Waals surface area contributed by atoms with Crippen molar-refractivity contribution in [3.63, 3.8) is 0 Å². The summed E-state index contributed by atoms with van der Waals surface area (Å²) in [6, 6.07) is -0.704. The average molecular weight is 275 g/mol. The minimum Gasteiger partial charge on any atom is -0.464 e. The van der Waals surface area contributed by atoms with E-state index in [1.165, 1.54) is 12.0 Å². The largest absolute Gasteiger partial charge is 0.464 e. The number of amides is 1. The molecule has 0 heterocycles. The van der Waals surface area contributed by atoms with E-state index in [2.05, 4.69) is 0 Å². The van der Waals surface area contributed by atoms with Crippen LogP contribution in [0.5, 0.6) is 0 Å². The molecule has 1 amide bonds. The van der Waals surface area contributed by atoms with Gasteiger partial charge in [0.1, 0.15) is 11.6 Å². The summed E-state index contributed by atoms with van der Waals surface area (Å²) in [5, 5.41) is 0. The van der Waals surface area contributed by atoms with Gasteiger partial charge < -0.3 is 14.2 Å². The van der Waals surface area contributed by atoms with E-state index in [1.54, 1.807) is 34.6 Å². The smallest absolute Gasteiger partial charge is 0.411 e. The molecule has 0 spiro atoms. The van der Waals surface area contributed by atoms with Crippen LogP contribution in [0, 0.1) is 0 Å². The van der Waals surface area contributed by atoms with Crippen molar-refractivity contribution in [2.75, 3.05) is 26.9 Å². The molecule has 0 aliphatic rings. The summed E-state index contributed by atoms with van der Waals surface area (Å²) in [6.07, 6.45) is -0.551. The van der Waals surface area contributed by atoms with E-state index in [0.717, 1.165) is 0 Å². The SMILES string of the molecule is CCOC(=O)C(C)N(CCOC)C(=O)OC(C)(C)C. The van der Waals surface area contributed by atoms with Gasteiger partial charge in [0.25, 0.3) is 0 Å². The number of esters is 1. The molecule has 0 bridgehead atoms. The lowest BCUT2D eigenvalue weighted by atomic mass is 10.2. The summed E-state index contributed by atoms with van der Waals surface area (Å²) < 4.78 is 15.1. The maximum absolute atomic E-state index is 12.1. The van der Waals surface area contributed by atoms with Gasteiger partial charge in [-0.3, -0.25) is 4.90 Å². The second kappa shape index (κ2) is 7.99. The molecule has 112 valence electrons. The molecule has 0 aliphatic carbocycles. The fourth-order valence-corrected chi connectivity index (χ4v) is 1.34. The predicted octanol–water partition coefficient (Wildman–Crippen LogP) is 1.82. The first-order chi connectivity index (χ1) is 8.72. The average Bonchev–Trinajstić information content (AvgIpc) is 2.27. The Hall–Kier alpha value is -1.30. The lowest BCUT2D eigenvalue weighted by molar-refractivity contribution is -0.148. The van der Waals surface area contributed by atoms with Crippen LogP contribution in [0.25, 0.3) is 0 Å². The first kappa shape index (κ1) is 17.7. The summed E-state index contributed by atoms with van der Waals surface area (Å²) in [4.78, 5) is 25.1. The van der Waals surface area contributed by atoms with Crippen LogP contribution < -0.4 is 0 Å². The van der Waals surface area contributed by atoms with Crippen molar-refractivity contribution in [3.8, 4) is 0 Å². The van der Waals surface area contributed by atoms with Gasteiger partial charge >= 0.3 is 12.1 Å². The van der Waals surface area contributed by atoms with Crippen molar-refractivity contribution < 1.29 is 23.8 Å². The minimum absolute atomic E-state index is 0.269. The Labute approximate surface area is 115 Å². The van der Waals surface area contributed by atoms with E-state index >= 15 is 0 Å². The van der Waals surface area contributed by atoms with Crippen LogP contribution in [0.2, 0.25) is 0 Å². The van der Waals surface area contributed by atoms with Gasteiger partial charge in [0.15, 0.2) is 0 Å². The van der Waals surface area contributed by atoms with Gasteiger partial charge in [0.2, 0.25) is 0 Å². The highest BCUT2D eigenvalue weighted by Crippen LogP contribution is 2.12. The fraction of sp³-hybridized carbons (Fsp3) is 0.846. The summed E-state index contributed by atoms with van der Waals surface area (Å²) in [5.74, 6) is -0.454. The van der Waals surface area contributed by atoms with Crippen molar-refractivity contribution in [3.05, 3.63) is 0 Å². The third-order valence-corrected chi connectivity index (χ3v) is 2.26. The van der Waals surface area contributed by atoms with E-state index in [4.69, 9.17) is 14.2 Å². The molecule has 0 rings (SSSR count). The van der Waals surface area contributed by atoms with Gasteiger partial charge in [-0.05, 0) is 34.6 Å². The molecule has 0 saturated heterocycles. The number of hydrogen-bond acceptors (Lipinski definition) is 5. The Bertz CT molecular complexity index is 298. The molecule has 6 heteroatoms. The van der Waals surface area contributed by atoms with Crippen LogP contribution >= 0.6 is 0 Å². The topological polar surface area (TPSA) is 65.1 Å². The lowest BCUT2D eigenvalue weighted by Crippen LogP contribution is -2.47. The number of carbonyl (C=O) groups excluding carboxylic acids is 2. The Morgan fingerprint density at radius 3 is 2.26 bits per heavy atom. The Morgan fingerprint density at radius 2 is 1.84 bits per heavy atom. The Morgan fingerprint density at radius 1 is 1.26 bits per heavy atom. The van der Waals surface area contributed by atoms with Crippen molar-refractivity contribution in [1.29, 1.82) is 0 Å².